The van der Waals surface area contributed by atoms with Crippen molar-refractivity contribution in [3.8, 4) is 11.5 Å². The Morgan fingerprint density at radius 2 is 1.76 bits per heavy atom. The highest BCUT2D eigenvalue weighted by molar-refractivity contribution is 7.89. The fourth-order valence-electron chi connectivity index (χ4n) is 4.96. The molecule has 0 spiro atoms. The van der Waals surface area contributed by atoms with Crippen molar-refractivity contribution in [2.24, 2.45) is 0 Å². The predicted octanol–water partition coefficient (Wildman–Crippen LogP) is 3.59. The SMILES string of the molecule is COc1ccc(OC)c(S(=O)(=O)NC[C@H](c2ccc3c(c2)CCCN3C)N2CCCCC2)c1. The molecule has 0 saturated carbocycles. The number of methoxy groups -OCH3 is 2. The van der Waals surface area contributed by atoms with Gasteiger partial charge in [0.05, 0.1) is 14.2 Å². The lowest BCUT2D eigenvalue weighted by Gasteiger charge is -2.36. The van der Waals surface area contributed by atoms with Gasteiger partial charge < -0.3 is 14.4 Å². The molecule has 1 saturated heterocycles. The number of ether oxygens (including phenoxy) is 2. The highest BCUT2D eigenvalue weighted by Gasteiger charge is 2.27. The van der Waals surface area contributed by atoms with Crippen LogP contribution >= 0.6 is 0 Å². The van der Waals surface area contributed by atoms with E-state index in [0.717, 1.165) is 45.3 Å². The molecule has 7 nitrogen and oxygen atoms in total. The van der Waals surface area contributed by atoms with Gasteiger partial charge in [0.15, 0.2) is 0 Å². The number of piperidine rings is 1. The third-order valence-corrected chi connectivity index (χ3v) is 8.24. The van der Waals surface area contributed by atoms with E-state index in [1.807, 2.05) is 0 Å². The van der Waals surface area contributed by atoms with Gasteiger partial charge in [0.1, 0.15) is 16.4 Å². The fraction of sp³-hybridized carbons (Fsp3) is 0.520. The van der Waals surface area contributed by atoms with Gasteiger partial charge in [0, 0.05) is 37.9 Å². The average Bonchev–Trinajstić information content (AvgIpc) is 2.84. The quantitative estimate of drug-likeness (QED) is 0.632. The highest BCUT2D eigenvalue weighted by Crippen LogP contribution is 2.33. The third kappa shape index (κ3) is 5.28. The number of hydrogen-bond donors (Lipinski definition) is 1. The number of nitrogens with one attached hydrogen (secondary N) is 1. The molecule has 2 aliphatic rings. The zero-order valence-electron chi connectivity index (χ0n) is 19.8. The Morgan fingerprint density at radius 3 is 2.48 bits per heavy atom. The Bertz CT molecular complexity index is 1070. The summed E-state index contributed by atoms with van der Waals surface area (Å²) in [5.74, 6) is 0.775. The second-order valence-electron chi connectivity index (χ2n) is 8.89. The van der Waals surface area contributed by atoms with Crippen molar-refractivity contribution in [3.63, 3.8) is 0 Å². The standard InChI is InChI=1S/C25H35N3O4S/c1-27-13-7-8-19-16-20(9-11-22(19)27)23(28-14-5-4-6-15-28)18-26-33(29,30)25-17-21(31-2)10-12-24(25)32-3/h9-12,16-17,23,26H,4-8,13-15,18H2,1-3H3/t23-/m1/s1. The molecule has 2 heterocycles. The maximum Gasteiger partial charge on any atom is 0.244 e. The van der Waals surface area contributed by atoms with Gasteiger partial charge in [-0.15, -0.1) is 0 Å². The molecule has 1 fully saturated rings. The van der Waals surface area contributed by atoms with Crippen LogP contribution in [0.15, 0.2) is 41.3 Å². The number of benzene rings is 2. The van der Waals surface area contributed by atoms with Gasteiger partial charge in [0.2, 0.25) is 10.0 Å². The number of fused-ring (bicyclic) bond motifs is 1. The molecule has 0 radical (unpaired) electrons. The first-order valence-corrected chi connectivity index (χ1v) is 13.2. The number of aryl methyl sites for hydroxylation is 1. The van der Waals surface area contributed by atoms with Crippen LogP contribution in [0.1, 0.15) is 42.9 Å². The van der Waals surface area contributed by atoms with Crippen LogP contribution in [0.25, 0.3) is 0 Å². The molecular weight excluding hydrogens is 438 g/mol. The summed E-state index contributed by atoms with van der Waals surface area (Å²) >= 11 is 0. The molecule has 180 valence electrons. The van der Waals surface area contributed by atoms with Crippen LogP contribution in [0.2, 0.25) is 0 Å². The van der Waals surface area contributed by atoms with E-state index >= 15 is 0 Å². The Morgan fingerprint density at radius 1 is 0.970 bits per heavy atom. The zero-order valence-corrected chi connectivity index (χ0v) is 20.7. The molecule has 1 atom stereocenters. The number of likely N-dealkylation sites (tertiary alicyclic amines) is 1. The normalized spacial score (nSPS) is 18.0. The van der Waals surface area contributed by atoms with Crippen LogP contribution in [0, 0.1) is 0 Å². The van der Waals surface area contributed by atoms with Crippen molar-refractivity contribution < 1.29 is 17.9 Å². The van der Waals surface area contributed by atoms with Gasteiger partial charge >= 0.3 is 0 Å². The third-order valence-electron chi connectivity index (χ3n) is 6.80. The largest absolute Gasteiger partial charge is 0.497 e. The fourth-order valence-corrected chi connectivity index (χ4v) is 6.18. The molecule has 8 heteroatoms. The first-order valence-electron chi connectivity index (χ1n) is 11.7. The van der Waals surface area contributed by atoms with Crippen LogP contribution in [-0.4, -0.2) is 60.8 Å². The minimum Gasteiger partial charge on any atom is -0.497 e. The smallest absolute Gasteiger partial charge is 0.244 e. The zero-order chi connectivity index (χ0) is 23.4. The Labute approximate surface area is 197 Å². The van der Waals surface area contributed by atoms with Gasteiger partial charge in [0.25, 0.3) is 0 Å². The lowest BCUT2D eigenvalue weighted by molar-refractivity contribution is 0.164. The van der Waals surface area contributed by atoms with Crippen LogP contribution in [0.5, 0.6) is 11.5 Å². The molecule has 1 N–H and O–H groups in total. The molecule has 33 heavy (non-hydrogen) atoms. The molecule has 0 aliphatic carbocycles. The molecule has 4 rings (SSSR count). The van der Waals surface area contributed by atoms with Crippen LogP contribution in [-0.2, 0) is 16.4 Å². The number of anilines is 1. The lowest BCUT2D eigenvalue weighted by Crippen LogP contribution is -2.40. The van der Waals surface area contributed by atoms with Crippen molar-refractivity contribution in [2.45, 2.75) is 43.0 Å². The van der Waals surface area contributed by atoms with Crippen LogP contribution in [0.3, 0.4) is 0 Å². The summed E-state index contributed by atoms with van der Waals surface area (Å²) in [6.45, 7) is 3.33. The molecule has 2 aromatic carbocycles. The second-order valence-corrected chi connectivity index (χ2v) is 10.6. The van der Waals surface area contributed by atoms with Crippen molar-refractivity contribution in [2.75, 3.05) is 52.3 Å². The molecule has 0 aromatic heterocycles. The number of nitrogens with zero attached hydrogens (tertiary/aromatic N) is 2. The maximum atomic E-state index is 13.3. The van der Waals surface area contributed by atoms with Gasteiger partial charge in [-0.25, -0.2) is 13.1 Å². The molecule has 0 bridgehead atoms. The first-order chi connectivity index (χ1) is 15.9. The lowest BCUT2D eigenvalue weighted by atomic mass is 9.95. The highest BCUT2D eigenvalue weighted by atomic mass is 32.2. The maximum absolute atomic E-state index is 13.3. The van der Waals surface area contributed by atoms with Crippen LogP contribution in [0.4, 0.5) is 5.69 Å². The summed E-state index contributed by atoms with van der Waals surface area (Å²) in [6, 6.07) is 11.4. The van der Waals surface area contributed by atoms with Crippen molar-refractivity contribution in [3.05, 3.63) is 47.5 Å². The minimum atomic E-state index is -3.79. The molecular formula is C25H35N3O4S. The van der Waals surface area contributed by atoms with E-state index in [-0.39, 0.29) is 10.9 Å². The monoisotopic (exact) mass is 473 g/mol. The molecule has 0 amide bonds. The van der Waals surface area contributed by atoms with E-state index in [1.54, 1.807) is 12.1 Å². The Balaban J connectivity index is 1.62. The number of rotatable bonds is 8. The number of hydrogen-bond acceptors (Lipinski definition) is 6. The molecule has 2 aromatic rings. The van der Waals surface area contributed by atoms with Crippen molar-refractivity contribution in [1.29, 1.82) is 0 Å². The van der Waals surface area contributed by atoms with E-state index in [4.69, 9.17) is 9.47 Å². The van der Waals surface area contributed by atoms with Crippen LogP contribution < -0.4 is 19.1 Å². The van der Waals surface area contributed by atoms with Gasteiger partial charge in [-0.1, -0.05) is 18.6 Å². The summed E-state index contributed by atoms with van der Waals surface area (Å²) in [5.41, 5.74) is 3.80. The summed E-state index contributed by atoms with van der Waals surface area (Å²) in [6.07, 6.45) is 5.71. The average molecular weight is 474 g/mol. The minimum absolute atomic E-state index is 0.0192. The number of sulfonamides is 1. The van der Waals surface area contributed by atoms with E-state index in [0.29, 0.717) is 18.0 Å². The second kappa shape index (κ2) is 10.3. The summed E-state index contributed by atoms with van der Waals surface area (Å²) in [4.78, 5) is 4.81. The topological polar surface area (TPSA) is 71.1 Å². The molecule has 0 unspecified atom stereocenters. The van der Waals surface area contributed by atoms with E-state index in [1.165, 1.54) is 43.5 Å². The summed E-state index contributed by atoms with van der Waals surface area (Å²) < 4.78 is 40.0. The van der Waals surface area contributed by atoms with E-state index < -0.39 is 10.0 Å². The molecule has 2 aliphatic heterocycles. The van der Waals surface area contributed by atoms with Gasteiger partial charge in [-0.05, 0) is 68.1 Å². The predicted molar refractivity (Wildman–Crippen MR) is 131 cm³/mol. The van der Waals surface area contributed by atoms with Gasteiger partial charge in [-0.3, -0.25) is 4.90 Å². The van der Waals surface area contributed by atoms with Crippen molar-refractivity contribution >= 4 is 15.7 Å². The summed E-state index contributed by atoms with van der Waals surface area (Å²) in [5, 5.41) is 0. The van der Waals surface area contributed by atoms with Gasteiger partial charge in [-0.2, -0.15) is 0 Å². The van der Waals surface area contributed by atoms with E-state index in [9.17, 15) is 8.42 Å². The Hall–Kier alpha value is -2.29. The Kier molecular flexibility index (Phi) is 7.46. The van der Waals surface area contributed by atoms with E-state index in [2.05, 4.69) is 39.8 Å². The van der Waals surface area contributed by atoms with Crippen molar-refractivity contribution in [1.82, 2.24) is 9.62 Å². The summed E-state index contributed by atoms with van der Waals surface area (Å²) in [7, 11) is 1.33. The first kappa shape index (κ1) is 23.9.